The molecule has 1 unspecified atom stereocenters. The number of rotatable bonds is 4. The highest BCUT2D eigenvalue weighted by Gasteiger charge is 2.43. The molecule has 0 saturated carbocycles. The van der Waals surface area contributed by atoms with E-state index in [2.05, 4.69) is 0 Å². The average molecular weight is 163 g/mol. The summed E-state index contributed by atoms with van der Waals surface area (Å²) in [5.74, 6) is -0.496. The Morgan fingerprint density at radius 2 is 2.09 bits per heavy atom. The Kier molecular flexibility index (Phi) is 3.41. The second kappa shape index (κ2) is 3.64. The van der Waals surface area contributed by atoms with Gasteiger partial charge in [0.05, 0.1) is 23.9 Å². The minimum Gasteiger partial charge on any atom is -0.396 e. The molecule has 0 heterocycles. The van der Waals surface area contributed by atoms with Gasteiger partial charge in [-0.25, -0.2) is 0 Å². The van der Waals surface area contributed by atoms with E-state index in [1.165, 1.54) is 0 Å². The summed E-state index contributed by atoms with van der Waals surface area (Å²) in [7, 11) is 0. The van der Waals surface area contributed by atoms with Crippen LogP contribution in [0, 0.1) is 16.0 Å². The quantitative estimate of drug-likeness (QED) is 0.347. The minimum atomic E-state index is -1.98. The fourth-order valence-electron chi connectivity index (χ4n) is 0.755. The molecule has 0 aromatic rings. The number of aliphatic hydroxyl groups is 2. The van der Waals surface area contributed by atoms with Crippen LogP contribution in [-0.4, -0.2) is 27.5 Å². The minimum absolute atomic E-state index is 0.225. The van der Waals surface area contributed by atoms with Crippen molar-refractivity contribution in [3.63, 3.8) is 0 Å². The number of hydrogen-bond acceptors (Lipinski definition) is 4. The van der Waals surface area contributed by atoms with Gasteiger partial charge in [0.2, 0.25) is 0 Å². The highest BCUT2D eigenvalue weighted by Crippen LogP contribution is 2.20. The second-order valence-corrected chi connectivity index (χ2v) is 2.76. The van der Waals surface area contributed by atoms with Crippen molar-refractivity contribution in [2.75, 3.05) is 6.61 Å². The summed E-state index contributed by atoms with van der Waals surface area (Å²) in [6, 6.07) is 0. The average Bonchev–Trinajstić information content (AvgIpc) is 1.87. The van der Waals surface area contributed by atoms with Gasteiger partial charge in [0.15, 0.2) is 0 Å². The first-order chi connectivity index (χ1) is 4.95. The predicted molar refractivity (Wildman–Crippen MR) is 38.5 cm³/mol. The third-order valence-corrected chi connectivity index (χ3v) is 1.72. The molecular formula is C6H13NO4. The van der Waals surface area contributed by atoms with Crippen LogP contribution in [0.2, 0.25) is 0 Å². The van der Waals surface area contributed by atoms with Crippen LogP contribution in [0.15, 0.2) is 0 Å². The Morgan fingerprint density at radius 1 is 1.64 bits per heavy atom. The lowest BCUT2D eigenvalue weighted by Gasteiger charge is -2.21. The zero-order chi connectivity index (χ0) is 9.07. The maximum absolute atomic E-state index is 10.3. The Hall–Kier alpha value is -0.680. The van der Waals surface area contributed by atoms with E-state index in [4.69, 9.17) is 5.11 Å². The zero-order valence-corrected chi connectivity index (χ0v) is 6.65. The smallest absolute Gasteiger partial charge is 0.326 e. The van der Waals surface area contributed by atoms with Crippen LogP contribution in [0.3, 0.4) is 0 Å². The Labute approximate surface area is 64.8 Å². The second-order valence-electron chi connectivity index (χ2n) is 2.76. The monoisotopic (exact) mass is 163 g/mol. The molecule has 0 radical (unpaired) electrons. The SMILES string of the molecule is CC(C)C(O)(CCO)[N+](=O)[O-]. The van der Waals surface area contributed by atoms with Crippen LogP contribution in [0.1, 0.15) is 20.3 Å². The summed E-state index contributed by atoms with van der Waals surface area (Å²) in [6.07, 6.45) is -0.225. The third-order valence-electron chi connectivity index (χ3n) is 1.72. The van der Waals surface area contributed by atoms with Gasteiger partial charge in [0.1, 0.15) is 0 Å². The Bertz CT molecular complexity index is 148. The van der Waals surface area contributed by atoms with Crippen molar-refractivity contribution in [3.8, 4) is 0 Å². The molecule has 66 valence electrons. The van der Waals surface area contributed by atoms with Crippen molar-refractivity contribution in [3.05, 3.63) is 10.1 Å². The maximum atomic E-state index is 10.3. The number of nitro groups is 1. The van der Waals surface area contributed by atoms with Crippen LogP contribution in [0.5, 0.6) is 0 Å². The van der Waals surface area contributed by atoms with Gasteiger partial charge in [-0.3, -0.25) is 10.1 Å². The summed E-state index contributed by atoms with van der Waals surface area (Å²) >= 11 is 0. The lowest BCUT2D eigenvalue weighted by atomic mass is 9.97. The maximum Gasteiger partial charge on any atom is 0.326 e. The molecule has 0 amide bonds. The van der Waals surface area contributed by atoms with Gasteiger partial charge in [0, 0.05) is 0 Å². The van der Waals surface area contributed by atoms with Crippen molar-refractivity contribution in [1.82, 2.24) is 0 Å². The fraction of sp³-hybridized carbons (Fsp3) is 1.00. The van der Waals surface area contributed by atoms with Gasteiger partial charge in [-0.1, -0.05) is 13.8 Å². The molecule has 0 spiro atoms. The first-order valence-corrected chi connectivity index (χ1v) is 3.43. The molecule has 0 aliphatic carbocycles. The summed E-state index contributed by atoms with van der Waals surface area (Å²) in [4.78, 5) is 9.54. The first kappa shape index (κ1) is 10.3. The standard InChI is InChI=1S/C6H13NO4/c1-5(2)6(9,3-4-8)7(10)11/h5,8-9H,3-4H2,1-2H3. The van der Waals surface area contributed by atoms with Gasteiger partial charge in [-0.05, 0) is 0 Å². The molecule has 2 N–H and O–H groups in total. The third kappa shape index (κ3) is 2.13. The summed E-state index contributed by atoms with van der Waals surface area (Å²) in [5.41, 5.74) is -1.98. The molecule has 1 atom stereocenters. The highest BCUT2D eigenvalue weighted by molar-refractivity contribution is 4.69. The van der Waals surface area contributed by atoms with Crippen LogP contribution < -0.4 is 0 Å². The number of nitrogens with zero attached hydrogens (tertiary/aromatic N) is 1. The molecule has 0 rings (SSSR count). The molecule has 0 bridgehead atoms. The number of hydrogen-bond donors (Lipinski definition) is 2. The number of aliphatic hydroxyl groups excluding tert-OH is 1. The molecule has 0 aliphatic heterocycles. The van der Waals surface area contributed by atoms with E-state index in [1.54, 1.807) is 13.8 Å². The van der Waals surface area contributed by atoms with E-state index in [-0.39, 0.29) is 13.0 Å². The molecule has 5 nitrogen and oxygen atoms in total. The molecule has 11 heavy (non-hydrogen) atoms. The van der Waals surface area contributed by atoms with E-state index in [0.717, 1.165) is 0 Å². The van der Waals surface area contributed by atoms with Crippen LogP contribution >= 0.6 is 0 Å². The summed E-state index contributed by atoms with van der Waals surface area (Å²) in [5, 5.41) is 28.0. The highest BCUT2D eigenvalue weighted by atomic mass is 16.7. The summed E-state index contributed by atoms with van der Waals surface area (Å²) < 4.78 is 0. The lowest BCUT2D eigenvalue weighted by Crippen LogP contribution is -2.44. The molecule has 0 aromatic carbocycles. The molecule has 0 fully saturated rings. The lowest BCUT2D eigenvalue weighted by molar-refractivity contribution is -0.636. The molecule has 0 saturated heterocycles. The largest absolute Gasteiger partial charge is 0.396 e. The summed E-state index contributed by atoms with van der Waals surface area (Å²) in [6.45, 7) is 2.70. The van der Waals surface area contributed by atoms with Gasteiger partial charge < -0.3 is 10.2 Å². The van der Waals surface area contributed by atoms with Crippen molar-refractivity contribution >= 4 is 0 Å². The normalized spacial score (nSPS) is 16.5. The Morgan fingerprint density at radius 3 is 2.18 bits per heavy atom. The van der Waals surface area contributed by atoms with Gasteiger partial charge >= 0.3 is 5.72 Å². The molecule has 0 aromatic heterocycles. The van der Waals surface area contributed by atoms with Crippen molar-refractivity contribution < 1.29 is 15.1 Å². The van der Waals surface area contributed by atoms with Crippen LogP contribution in [-0.2, 0) is 0 Å². The molecule has 0 aliphatic rings. The van der Waals surface area contributed by atoms with E-state index >= 15 is 0 Å². The van der Waals surface area contributed by atoms with Crippen molar-refractivity contribution in [2.24, 2.45) is 5.92 Å². The fourth-order valence-corrected chi connectivity index (χ4v) is 0.755. The zero-order valence-electron chi connectivity index (χ0n) is 6.65. The van der Waals surface area contributed by atoms with E-state index in [0.29, 0.717) is 0 Å². The van der Waals surface area contributed by atoms with Gasteiger partial charge in [-0.2, -0.15) is 0 Å². The van der Waals surface area contributed by atoms with Crippen LogP contribution in [0.25, 0.3) is 0 Å². The van der Waals surface area contributed by atoms with Gasteiger partial charge in [0.25, 0.3) is 0 Å². The molecular weight excluding hydrogens is 150 g/mol. The van der Waals surface area contributed by atoms with E-state index in [9.17, 15) is 15.2 Å². The van der Waals surface area contributed by atoms with Crippen molar-refractivity contribution in [2.45, 2.75) is 26.0 Å². The van der Waals surface area contributed by atoms with Gasteiger partial charge in [-0.15, -0.1) is 0 Å². The van der Waals surface area contributed by atoms with E-state index < -0.39 is 16.6 Å². The Balaban J connectivity index is 4.38. The van der Waals surface area contributed by atoms with Crippen LogP contribution in [0.4, 0.5) is 0 Å². The van der Waals surface area contributed by atoms with E-state index in [1.807, 2.05) is 0 Å². The topological polar surface area (TPSA) is 83.6 Å². The van der Waals surface area contributed by atoms with Crippen molar-refractivity contribution in [1.29, 1.82) is 0 Å². The predicted octanol–water partition coefficient (Wildman–Crippen LogP) is -0.00990. The molecule has 5 heteroatoms. The first-order valence-electron chi connectivity index (χ1n) is 3.43.